The molecule has 1 saturated heterocycles. The maximum atomic E-state index is 13.1. The Hall–Kier alpha value is -1.54. The standard InChI is InChI=1S/C13H13ClF4N2O2/c14-9-2-1-8(15)7-10(9)19-11(21)20-5-3-12(22,4-6-20)13(16,17)18/h1-2,7,22H,3-6H2,(H,19,21). The van der Waals surface area contributed by atoms with Crippen molar-refractivity contribution in [3.63, 3.8) is 0 Å². The molecule has 9 heteroatoms. The van der Waals surface area contributed by atoms with E-state index in [4.69, 9.17) is 11.6 Å². The number of anilines is 1. The summed E-state index contributed by atoms with van der Waals surface area (Å²) in [5, 5.41) is 12.0. The van der Waals surface area contributed by atoms with Crippen LogP contribution >= 0.6 is 11.6 Å². The van der Waals surface area contributed by atoms with Gasteiger partial charge >= 0.3 is 12.2 Å². The number of piperidine rings is 1. The fraction of sp³-hybridized carbons (Fsp3) is 0.462. The van der Waals surface area contributed by atoms with Crippen molar-refractivity contribution in [2.75, 3.05) is 18.4 Å². The van der Waals surface area contributed by atoms with Gasteiger partial charge in [0.05, 0.1) is 10.7 Å². The first-order valence-electron chi connectivity index (χ1n) is 6.42. The normalized spacial score (nSPS) is 18.2. The van der Waals surface area contributed by atoms with E-state index in [0.717, 1.165) is 17.0 Å². The number of nitrogens with one attached hydrogen (secondary N) is 1. The van der Waals surface area contributed by atoms with Crippen molar-refractivity contribution < 1.29 is 27.5 Å². The van der Waals surface area contributed by atoms with Gasteiger partial charge in [-0.3, -0.25) is 0 Å². The third-order valence-electron chi connectivity index (χ3n) is 3.58. The number of hydrogen-bond donors (Lipinski definition) is 2. The van der Waals surface area contributed by atoms with Crippen LogP contribution in [0.2, 0.25) is 5.02 Å². The molecular formula is C13H13ClF4N2O2. The Bertz CT molecular complexity index is 572. The summed E-state index contributed by atoms with van der Waals surface area (Å²) in [6.45, 7) is -0.538. The summed E-state index contributed by atoms with van der Waals surface area (Å²) in [5.41, 5.74) is -2.75. The molecule has 1 aliphatic heterocycles. The molecule has 4 nitrogen and oxygen atoms in total. The van der Waals surface area contributed by atoms with Crippen LogP contribution in [-0.4, -0.2) is 40.9 Å². The molecule has 2 amide bonds. The van der Waals surface area contributed by atoms with Gasteiger partial charge in [0.2, 0.25) is 0 Å². The Morgan fingerprint density at radius 1 is 1.32 bits per heavy atom. The van der Waals surface area contributed by atoms with Gasteiger partial charge in [0, 0.05) is 25.9 Å². The fourth-order valence-electron chi connectivity index (χ4n) is 2.15. The van der Waals surface area contributed by atoms with E-state index in [0.29, 0.717) is 0 Å². The second kappa shape index (κ2) is 5.92. The van der Waals surface area contributed by atoms with Gasteiger partial charge in [-0.2, -0.15) is 13.2 Å². The summed E-state index contributed by atoms with van der Waals surface area (Å²) in [4.78, 5) is 13.1. The smallest absolute Gasteiger partial charge is 0.380 e. The first-order chi connectivity index (χ1) is 10.1. The summed E-state index contributed by atoms with van der Waals surface area (Å²) < 4.78 is 51.1. The van der Waals surface area contributed by atoms with Gasteiger partial charge in [-0.25, -0.2) is 9.18 Å². The second-order valence-corrected chi connectivity index (χ2v) is 5.48. The van der Waals surface area contributed by atoms with Crippen LogP contribution in [0.4, 0.5) is 28.0 Å². The number of amides is 2. The van der Waals surface area contributed by atoms with Crippen molar-refractivity contribution in [2.45, 2.75) is 24.6 Å². The molecule has 0 bridgehead atoms. The molecule has 0 radical (unpaired) electrons. The van der Waals surface area contributed by atoms with Crippen LogP contribution in [0.25, 0.3) is 0 Å². The van der Waals surface area contributed by atoms with Gasteiger partial charge in [-0.15, -0.1) is 0 Å². The Balaban J connectivity index is 2.00. The number of alkyl halides is 3. The molecule has 0 aliphatic carbocycles. The number of urea groups is 1. The van der Waals surface area contributed by atoms with Gasteiger partial charge in [0.1, 0.15) is 5.82 Å². The lowest BCUT2D eigenvalue weighted by Crippen LogP contribution is -2.55. The van der Waals surface area contributed by atoms with E-state index >= 15 is 0 Å². The van der Waals surface area contributed by atoms with Crippen molar-refractivity contribution in [2.24, 2.45) is 0 Å². The van der Waals surface area contributed by atoms with Crippen molar-refractivity contribution in [1.82, 2.24) is 4.90 Å². The molecule has 22 heavy (non-hydrogen) atoms. The van der Waals surface area contributed by atoms with Gasteiger partial charge in [0.25, 0.3) is 0 Å². The Labute approximate surface area is 128 Å². The number of rotatable bonds is 1. The molecule has 0 unspecified atom stereocenters. The van der Waals surface area contributed by atoms with E-state index in [1.54, 1.807) is 0 Å². The molecule has 2 rings (SSSR count). The summed E-state index contributed by atoms with van der Waals surface area (Å²) in [6, 6.07) is 2.68. The maximum Gasteiger partial charge on any atom is 0.417 e. The molecule has 0 aromatic heterocycles. The van der Waals surface area contributed by atoms with Crippen LogP contribution in [0.5, 0.6) is 0 Å². The second-order valence-electron chi connectivity index (χ2n) is 5.07. The third-order valence-corrected chi connectivity index (χ3v) is 3.91. The summed E-state index contributed by atoms with van der Waals surface area (Å²) in [7, 11) is 0. The van der Waals surface area contributed by atoms with Gasteiger partial charge in [0.15, 0.2) is 5.60 Å². The van der Waals surface area contributed by atoms with E-state index in [1.165, 1.54) is 6.07 Å². The number of likely N-dealkylation sites (tertiary alicyclic amines) is 1. The van der Waals surface area contributed by atoms with Crippen LogP contribution in [-0.2, 0) is 0 Å². The minimum absolute atomic E-state index is 0.0309. The zero-order chi connectivity index (χ0) is 16.5. The van der Waals surface area contributed by atoms with Crippen LogP contribution in [0, 0.1) is 5.82 Å². The van der Waals surface area contributed by atoms with Crippen LogP contribution in [0.3, 0.4) is 0 Å². The Kier molecular flexibility index (Phi) is 4.53. The molecule has 1 aromatic rings. The average molecular weight is 341 g/mol. The van der Waals surface area contributed by atoms with Crippen LogP contribution in [0.15, 0.2) is 18.2 Å². The van der Waals surface area contributed by atoms with Gasteiger partial charge < -0.3 is 15.3 Å². The highest BCUT2D eigenvalue weighted by Crippen LogP contribution is 2.38. The Morgan fingerprint density at radius 3 is 2.45 bits per heavy atom. The minimum atomic E-state index is -4.73. The molecule has 1 aromatic carbocycles. The van der Waals surface area contributed by atoms with Crippen LogP contribution in [0.1, 0.15) is 12.8 Å². The van der Waals surface area contributed by atoms with E-state index in [9.17, 15) is 27.5 Å². The van der Waals surface area contributed by atoms with Crippen LogP contribution < -0.4 is 5.32 Å². The number of nitrogens with zero attached hydrogens (tertiary/aromatic N) is 1. The molecule has 0 saturated carbocycles. The molecule has 122 valence electrons. The quantitative estimate of drug-likeness (QED) is 0.770. The van der Waals surface area contributed by atoms with E-state index in [1.807, 2.05) is 0 Å². The van der Waals surface area contributed by atoms with Crippen molar-refractivity contribution in [3.8, 4) is 0 Å². The lowest BCUT2D eigenvalue weighted by atomic mass is 9.91. The number of carbonyl (C=O) groups excluding carboxylic acids is 1. The highest BCUT2D eigenvalue weighted by molar-refractivity contribution is 6.33. The Morgan fingerprint density at radius 2 is 1.91 bits per heavy atom. The number of halogens is 5. The summed E-state index contributed by atoms with van der Waals surface area (Å²) in [5.74, 6) is -0.607. The predicted octanol–water partition coefficient (Wildman–Crippen LogP) is 3.40. The molecule has 1 fully saturated rings. The number of hydrogen-bond acceptors (Lipinski definition) is 2. The highest BCUT2D eigenvalue weighted by Gasteiger charge is 2.54. The first-order valence-corrected chi connectivity index (χ1v) is 6.80. The third kappa shape index (κ3) is 3.44. The molecule has 1 aliphatic rings. The van der Waals surface area contributed by atoms with E-state index in [2.05, 4.69) is 5.32 Å². The molecule has 1 heterocycles. The summed E-state index contributed by atoms with van der Waals surface area (Å²) >= 11 is 5.80. The molecular weight excluding hydrogens is 328 g/mol. The minimum Gasteiger partial charge on any atom is -0.380 e. The lowest BCUT2D eigenvalue weighted by Gasteiger charge is -2.39. The van der Waals surface area contributed by atoms with E-state index in [-0.39, 0.29) is 23.8 Å². The largest absolute Gasteiger partial charge is 0.417 e. The summed E-state index contributed by atoms with van der Waals surface area (Å²) in [6.07, 6.45) is -5.96. The number of benzene rings is 1. The maximum absolute atomic E-state index is 13.1. The zero-order valence-corrected chi connectivity index (χ0v) is 12.0. The van der Waals surface area contributed by atoms with Gasteiger partial charge in [-0.1, -0.05) is 11.6 Å². The predicted molar refractivity (Wildman–Crippen MR) is 72.2 cm³/mol. The van der Waals surface area contributed by atoms with Gasteiger partial charge in [-0.05, 0) is 18.2 Å². The zero-order valence-electron chi connectivity index (χ0n) is 11.3. The molecule has 2 N–H and O–H groups in total. The van der Waals surface area contributed by atoms with Crippen molar-refractivity contribution in [1.29, 1.82) is 0 Å². The average Bonchev–Trinajstić information content (AvgIpc) is 2.42. The lowest BCUT2D eigenvalue weighted by molar-refractivity contribution is -0.271. The number of aliphatic hydroxyl groups is 1. The topological polar surface area (TPSA) is 52.6 Å². The van der Waals surface area contributed by atoms with E-state index < -0.39 is 36.5 Å². The monoisotopic (exact) mass is 340 g/mol. The molecule has 0 spiro atoms. The fourth-order valence-corrected chi connectivity index (χ4v) is 2.32. The first kappa shape index (κ1) is 16.8. The number of carbonyl (C=O) groups is 1. The van der Waals surface area contributed by atoms with Crippen molar-refractivity contribution >= 4 is 23.3 Å². The highest BCUT2D eigenvalue weighted by atomic mass is 35.5. The SMILES string of the molecule is O=C(Nc1cc(F)ccc1Cl)N1CCC(O)(C(F)(F)F)CC1. The molecule has 0 atom stereocenters. The van der Waals surface area contributed by atoms with Crippen molar-refractivity contribution in [3.05, 3.63) is 29.0 Å².